The van der Waals surface area contributed by atoms with Gasteiger partial charge in [0.25, 0.3) is 0 Å². The minimum absolute atomic E-state index is 0.697. The maximum absolute atomic E-state index is 10.8. The van der Waals surface area contributed by atoms with Crippen molar-refractivity contribution >= 4 is 23.0 Å². The summed E-state index contributed by atoms with van der Waals surface area (Å²) in [6.07, 6.45) is 0.872. The smallest absolute Gasteiger partial charge is 0.150 e. The van der Waals surface area contributed by atoms with Crippen LogP contribution in [-0.2, 0) is 0 Å². The van der Waals surface area contributed by atoms with Crippen LogP contribution in [0, 0.1) is 6.92 Å². The van der Waals surface area contributed by atoms with Gasteiger partial charge in [0.1, 0.15) is 12.1 Å². The Morgan fingerprint density at radius 2 is 1.94 bits per heavy atom. The van der Waals surface area contributed by atoms with Gasteiger partial charge in [-0.1, -0.05) is 0 Å². The fourth-order valence-corrected chi connectivity index (χ4v) is 2.18. The lowest BCUT2D eigenvalue weighted by Crippen LogP contribution is -2.23. The number of hydrogen-bond acceptors (Lipinski definition) is 3. The molecule has 0 saturated heterocycles. The van der Waals surface area contributed by atoms with Crippen LogP contribution < -0.4 is 4.90 Å². The van der Waals surface area contributed by atoms with Crippen molar-refractivity contribution in [1.29, 1.82) is 0 Å². The van der Waals surface area contributed by atoms with Crippen LogP contribution in [0.5, 0.6) is 0 Å². The predicted octanol–water partition coefficient (Wildman–Crippen LogP) is 3.20. The van der Waals surface area contributed by atoms with Gasteiger partial charge in [0.2, 0.25) is 0 Å². The summed E-state index contributed by atoms with van der Waals surface area (Å²) in [5.74, 6) is 1.00. The predicted molar refractivity (Wildman–Crippen MR) is 75.4 cm³/mol. The Morgan fingerprint density at radius 3 is 2.56 bits per heavy atom. The van der Waals surface area contributed by atoms with E-state index >= 15 is 0 Å². The number of rotatable bonds is 4. The van der Waals surface area contributed by atoms with Crippen molar-refractivity contribution in [2.45, 2.75) is 20.8 Å². The summed E-state index contributed by atoms with van der Waals surface area (Å²) >= 11 is 0. The first kappa shape index (κ1) is 12.6. The summed E-state index contributed by atoms with van der Waals surface area (Å²) < 4.78 is 0. The molecule has 0 spiro atoms. The minimum atomic E-state index is 0.697. The first-order chi connectivity index (χ1) is 8.69. The van der Waals surface area contributed by atoms with E-state index in [-0.39, 0.29) is 0 Å². The van der Waals surface area contributed by atoms with Gasteiger partial charge < -0.3 is 4.90 Å². The second-order valence-corrected chi connectivity index (χ2v) is 4.36. The minimum Gasteiger partial charge on any atom is -0.357 e. The summed E-state index contributed by atoms with van der Waals surface area (Å²) in [4.78, 5) is 17.7. The molecule has 1 aromatic carbocycles. The van der Waals surface area contributed by atoms with Crippen LogP contribution in [0.25, 0.3) is 10.9 Å². The zero-order valence-electron chi connectivity index (χ0n) is 11.1. The molecule has 0 atom stereocenters. The molecule has 94 valence electrons. The number of nitrogens with zero attached hydrogens (tertiary/aromatic N) is 2. The molecule has 0 amide bonds. The van der Waals surface area contributed by atoms with Crippen LogP contribution in [0.1, 0.15) is 29.8 Å². The van der Waals surface area contributed by atoms with Gasteiger partial charge in [-0.25, -0.2) is 4.98 Å². The number of carbonyl (C=O) groups excluding carboxylic acids is 1. The lowest BCUT2D eigenvalue weighted by molar-refractivity contribution is 0.112. The van der Waals surface area contributed by atoms with Crippen LogP contribution in [0.15, 0.2) is 24.3 Å². The van der Waals surface area contributed by atoms with Crippen LogP contribution in [-0.4, -0.2) is 24.4 Å². The highest BCUT2D eigenvalue weighted by Gasteiger charge is 2.07. The van der Waals surface area contributed by atoms with Crippen molar-refractivity contribution < 1.29 is 4.79 Å². The van der Waals surface area contributed by atoms with Gasteiger partial charge in [-0.15, -0.1) is 0 Å². The SMILES string of the molecule is CCN(CC)c1cc(C)c2cc(C=O)ccc2n1. The van der Waals surface area contributed by atoms with E-state index in [1.807, 2.05) is 18.2 Å². The number of hydrogen-bond donors (Lipinski definition) is 0. The summed E-state index contributed by atoms with van der Waals surface area (Å²) in [6, 6.07) is 7.72. The molecule has 0 radical (unpaired) electrons. The average Bonchev–Trinajstić information content (AvgIpc) is 2.40. The van der Waals surface area contributed by atoms with E-state index in [1.54, 1.807) is 0 Å². The second kappa shape index (κ2) is 5.17. The quantitative estimate of drug-likeness (QED) is 0.772. The van der Waals surface area contributed by atoms with E-state index in [0.717, 1.165) is 41.7 Å². The Labute approximate surface area is 107 Å². The second-order valence-electron chi connectivity index (χ2n) is 4.36. The first-order valence-electron chi connectivity index (χ1n) is 6.31. The summed E-state index contributed by atoms with van der Waals surface area (Å²) in [7, 11) is 0. The van der Waals surface area contributed by atoms with Crippen LogP contribution in [0.3, 0.4) is 0 Å². The third kappa shape index (κ3) is 2.21. The van der Waals surface area contributed by atoms with E-state index in [4.69, 9.17) is 0 Å². The number of carbonyl (C=O) groups is 1. The number of anilines is 1. The lowest BCUT2D eigenvalue weighted by Gasteiger charge is -2.20. The maximum atomic E-state index is 10.8. The fourth-order valence-electron chi connectivity index (χ4n) is 2.18. The Bertz CT molecular complexity index is 574. The van der Waals surface area contributed by atoms with Crippen LogP contribution in [0.2, 0.25) is 0 Å². The molecule has 0 aliphatic carbocycles. The topological polar surface area (TPSA) is 33.2 Å². The third-order valence-electron chi connectivity index (χ3n) is 3.25. The fraction of sp³-hybridized carbons (Fsp3) is 0.333. The molecular weight excluding hydrogens is 224 g/mol. The lowest BCUT2D eigenvalue weighted by atomic mass is 10.1. The molecule has 3 nitrogen and oxygen atoms in total. The standard InChI is InChI=1S/C15H18N2O/c1-4-17(5-2)15-8-11(3)13-9-12(10-18)6-7-14(13)16-15/h6-10H,4-5H2,1-3H3. The molecule has 0 aliphatic rings. The van der Waals surface area contributed by atoms with Crippen molar-refractivity contribution in [1.82, 2.24) is 4.98 Å². The molecule has 0 N–H and O–H groups in total. The van der Waals surface area contributed by atoms with Gasteiger partial charge in [-0.2, -0.15) is 0 Å². The number of aldehydes is 1. The van der Waals surface area contributed by atoms with Crippen molar-refractivity contribution in [3.63, 3.8) is 0 Å². The number of aromatic nitrogens is 1. The molecule has 0 bridgehead atoms. The molecule has 0 unspecified atom stereocenters. The van der Waals surface area contributed by atoms with E-state index in [0.29, 0.717) is 5.56 Å². The van der Waals surface area contributed by atoms with E-state index in [1.165, 1.54) is 0 Å². The molecule has 1 heterocycles. The molecule has 18 heavy (non-hydrogen) atoms. The Hall–Kier alpha value is -1.90. The van der Waals surface area contributed by atoms with E-state index in [2.05, 4.69) is 36.7 Å². The highest BCUT2D eigenvalue weighted by molar-refractivity contribution is 5.89. The summed E-state index contributed by atoms with van der Waals surface area (Å²) in [5, 5.41) is 1.05. The molecule has 3 heteroatoms. The van der Waals surface area contributed by atoms with Crippen molar-refractivity contribution in [3.8, 4) is 0 Å². The van der Waals surface area contributed by atoms with Crippen molar-refractivity contribution in [3.05, 3.63) is 35.4 Å². The van der Waals surface area contributed by atoms with Crippen LogP contribution in [0.4, 0.5) is 5.82 Å². The van der Waals surface area contributed by atoms with Crippen molar-refractivity contribution in [2.75, 3.05) is 18.0 Å². The Balaban J connectivity index is 2.59. The first-order valence-corrected chi connectivity index (χ1v) is 6.31. The summed E-state index contributed by atoms with van der Waals surface area (Å²) in [6.45, 7) is 8.20. The molecular formula is C15H18N2O. The van der Waals surface area contributed by atoms with E-state index < -0.39 is 0 Å². The van der Waals surface area contributed by atoms with Gasteiger partial charge in [-0.05, 0) is 50.6 Å². The van der Waals surface area contributed by atoms with Crippen LogP contribution >= 0.6 is 0 Å². The highest BCUT2D eigenvalue weighted by atomic mass is 16.1. The monoisotopic (exact) mass is 242 g/mol. The molecule has 0 aliphatic heterocycles. The van der Waals surface area contributed by atoms with E-state index in [9.17, 15) is 4.79 Å². The molecule has 2 aromatic rings. The van der Waals surface area contributed by atoms with Gasteiger partial charge in [0, 0.05) is 24.0 Å². The Kier molecular flexibility index (Phi) is 3.60. The number of benzene rings is 1. The largest absolute Gasteiger partial charge is 0.357 e. The zero-order valence-corrected chi connectivity index (χ0v) is 11.1. The van der Waals surface area contributed by atoms with Gasteiger partial charge in [-0.3, -0.25) is 4.79 Å². The van der Waals surface area contributed by atoms with Gasteiger partial charge >= 0.3 is 0 Å². The summed E-state index contributed by atoms with van der Waals surface area (Å²) in [5.41, 5.74) is 2.80. The Morgan fingerprint density at radius 1 is 1.22 bits per heavy atom. The molecule has 2 rings (SSSR count). The molecule has 1 aromatic heterocycles. The highest BCUT2D eigenvalue weighted by Crippen LogP contribution is 2.23. The number of aryl methyl sites for hydroxylation is 1. The van der Waals surface area contributed by atoms with Crippen molar-refractivity contribution in [2.24, 2.45) is 0 Å². The van der Waals surface area contributed by atoms with Gasteiger partial charge in [0.15, 0.2) is 0 Å². The normalized spacial score (nSPS) is 10.6. The number of pyridine rings is 1. The van der Waals surface area contributed by atoms with Gasteiger partial charge in [0.05, 0.1) is 5.52 Å². The maximum Gasteiger partial charge on any atom is 0.150 e. The molecule has 0 fully saturated rings. The zero-order chi connectivity index (χ0) is 13.1. The number of fused-ring (bicyclic) bond motifs is 1. The molecule has 0 saturated carbocycles. The average molecular weight is 242 g/mol. The third-order valence-corrected chi connectivity index (χ3v) is 3.25.